The van der Waals surface area contributed by atoms with Gasteiger partial charge in [-0.3, -0.25) is 15.0 Å². The number of nitrogens with zero attached hydrogens (tertiary/aromatic N) is 2. The molecule has 8 heteroatoms. The number of hydrogen-bond donors (Lipinski definition) is 1. The molecule has 1 saturated heterocycles. The fourth-order valence-electron chi connectivity index (χ4n) is 3.78. The van der Waals surface area contributed by atoms with Gasteiger partial charge in [0, 0.05) is 36.2 Å². The smallest absolute Gasteiger partial charge is 0.250 e. The Labute approximate surface area is 196 Å². The summed E-state index contributed by atoms with van der Waals surface area (Å²) in [4.78, 5) is 20.9. The second-order valence-corrected chi connectivity index (χ2v) is 8.85. The zero-order valence-corrected chi connectivity index (χ0v) is 19.0. The lowest BCUT2D eigenvalue weighted by molar-refractivity contribution is -0.111. The number of hydrogen-bond acceptors (Lipinski definition) is 7. The number of carbonyl (C=O) groups is 1. The van der Waals surface area contributed by atoms with E-state index in [0.29, 0.717) is 24.1 Å². The minimum Gasteiger partial charge on any atom is -0.486 e. The summed E-state index contributed by atoms with van der Waals surface area (Å²) in [6.07, 6.45) is 3.27. The number of morpholine rings is 1. The van der Waals surface area contributed by atoms with E-state index in [1.807, 2.05) is 48.5 Å². The van der Waals surface area contributed by atoms with Gasteiger partial charge in [-0.2, -0.15) is 0 Å². The van der Waals surface area contributed by atoms with E-state index in [0.717, 1.165) is 60.3 Å². The Morgan fingerprint density at radius 2 is 1.82 bits per heavy atom. The monoisotopic (exact) mass is 463 g/mol. The van der Waals surface area contributed by atoms with E-state index in [-0.39, 0.29) is 5.91 Å². The van der Waals surface area contributed by atoms with Crippen LogP contribution in [0.4, 0.5) is 5.13 Å². The first-order chi connectivity index (χ1) is 16.2. The molecule has 3 aromatic rings. The minimum atomic E-state index is -0.226. The SMILES string of the molecule is O=C(/C=C\c1ccc2c(c1)OCCO2)Nc1nc(-c2ccccc2)c(CN2CCOCC2)s1. The van der Waals surface area contributed by atoms with Crippen molar-refractivity contribution in [2.24, 2.45) is 0 Å². The summed E-state index contributed by atoms with van der Waals surface area (Å²) in [6, 6.07) is 15.7. The van der Waals surface area contributed by atoms with E-state index < -0.39 is 0 Å². The van der Waals surface area contributed by atoms with E-state index in [2.05, 4.69) is 10.2 Å². The van der Waals surface area contributed by atoms with Gasteiger partial charge in [-0.1, -0.05) is 47.7 Å². The third-order valence-electron chi connectivity index (χ3n) is 5.44. The largest absolute Gasteiger partial charge is 0.486 e. The highest BCUT2D eigenvalue weighted by atomic mass is 32.1. The highest BCUT2D eigenvalue weighted by molar-refractivity contribution is 7.16. The normalized spacial score (nSPS) is 16.1. The van der Waals surface area contributed by atoms with E-state index in [4.69, 9.17) is 19.2 Å². The maximum absolute atomic E-state index is 12.6. The first-order valence-corrected chi connectivity index (χ1v) is 11.8. The summed E-state index contributed by atoms with van der Waals surface area (Å²) in [5, 5.41) is 3.52. The van der Waals surface area contributed by atoms with Crippen molar-refractivity contribution in [2.45, 2.75) is 6.54 Å². The molecule has 0 radical (unpaired) electrons. The number of thiazole rings is 1. The maximum Gasteiger partial charge on any atom is 0.250 e. The molecule has 2 aliphatic heterocycles. The molecule has 1 amide bonds. The summed E-state index contributed by atoms with van der Waals surface area (Å²) < 4.78 is 16.6. The second kappa shape index (κ2) is 10.2. The standard InChI is InChI=1S/C25H25N3O4S/c29-23(9-7-18-6-8-20-21(16-18)32-15-14-31-20)26-25-27-24(19-4-2-1-3-5-19)22(33-25)17-28-10-12-30-13-11-28/h1-9,16H,10-15,17H2,(H,26,27,29)/b9-7-. The number of rotatable bonds is 6. The molecule has 1 fully saturated rings. The molecule has 0 aliphatic carbocycles. The van der Waals surface area contributed by atoms with Gasteiger partial charge in [0.05, 0.1) is 18.9 Å². The Kier molecular flexibility index (Phi) is 6.66. The van der Waals surface area contributed by atoms with Gasteiger partial charge in [-0.05, 0) is 23.8 Å². The van der Waals surface area contributed by atoms with Gasteiger partial charge >= 0.3 is 0 Å². The van der Waals surface area contributed by atoms with Crippen LogP contribution in [0.3, 0.4) is 0 Å². The molecule has 5 rings (SSSR count). The highest BCUT2D eigenvalue weighted by Gasteiger charge is 2.19. The Morgan fingerprint density at radius 3 is 2.64 bits per heavy atom. The first-order valence-electron chi connectivity index (χ1n) is 11.0. The molecule has 0 spiro atoms. The topological polar surface area (TPSA) is 72.9 Å². The molecule has 0 unspecified atom stereocenters. The molecule has 2 aromatic carbocycles. The molecule has 33 heavy (non-hydrogen) atoms. The van der Waals surface area contributed by atoms with Crippen molar-refractivity contribution in [1.29, 1.82) is 0 Å². The van der Waals surface area contributed by atoms with Crippen molar-refractivity contribution in [3.63, 3.8) is 0 Å². The Balaban J connectivity index is 1.31. The summed E-state index contributed by atoms with van der Waals surface area (Å²) in [7, 11) is 0. The fourth-order valence-corrected chi connectivity index (χ4v) is 4.81. The third kappa shape index (κ3) is 5.42. The number of aromatic nitrogens is 1. The predicted molar refractivity (Wildman–Crippen MR) is 129 cm³/mol. The molecule has 2 aliphatic rings. The molecule has 170 valence electrons. The Hall–Kier alpha value is -3.20. The number of carbonyl (C=O) groups excluding carboxylic acids is 1. The molecular weight excluding hydrogens is 438 g/mol. The summed E-state index contributed by atoms with van der Waals surface area (Å²) >= 11 is 1.52. The van der Waals surface area contributed by atoms with Crippen LogP contribution >= 0.6 is 11.3 Å². The molecule has 1 N–H and O–H groups in total. The van der Waals surface area contributed by atoms with Crippen LogP contribution in [-0.4, -0.2) is 55.3 Å². The van der Waals surface area contributed by atoms with Crippen molar-refractivity contribution >= 4 is 28.5 Å². The predicted octanol–water partition coefficient (Wildman–Crippen LogP) is 4.07. The highest BCUT2D eigenvalue weighted by Crippen LogP contribution is 2.33. The van der Waals surface area contributed by atoms with Gasteiger partial charge in [-0.25, -0.2) is 4.98 Å². The van der Waals surface area contributed by atoms with Crippen molar-refractivity contribution in [3.8, 4) is 22.8 Å². The zero-order valence-electron chi connectivity index (χ0n) is 18.2. The number of anilines is 1. The van der Waals surface area contributed by atoms with Gasteiger partial charge in [0.2, 0.25) is 5.91 Å². The number of nitrogens with one attached hydrogen (secondary N) is 1. The number of amides is 1. The molecule has 7 nitrogen and oxygen atoms in total. The fraction of sp³-hybridized carbons (Fsp3) is 0.280. The molecule has 0 bridgehead atoms. The van der Waals surface area contributed by atoms with Crippen LogP contribution in [0.5, 0.6) is 11.5 Å². The van der Waals surface area contributed by atoms with E-state index >= 15 is 0 Å². The van der Waals surface area contributed by atoms with Crippen LogP contribution in [0.1, 0.15) is 10.4 Å². The average Bonchev–Trinajstić information content (AvgIpc) is 3.25. The lowest BCUT2D eigenvalue weighted by atomic mass is 10.1. The number of ether oxygens (including phenoxy) is 3. The number of benzene rings is 2. The van der Waals surface area contributed by atoms with E-state index in [9.17, 15) is 4.79 Å². The van der Waals surface area contributed by atoms with Gasteiger partial charge < -0.3 is 14.2 Å². The average molecular weight is 464 g/mol. The van der Waals surface area contributed by atoms with Crippen LogP contribution in [0.15, 0.2) is 54.6 Å². The van der Waals surface area contributed by atoms with Gasteiger partial charge in [-0.15, -0.1) is 0 Å². The molecule has 0 atom stereocenters. The van der Waals surface area contributed by atoms with Crippen LogP contribution in [-0.2, 0) is 16.1 Å². The number of fused-ring (bicyclic) bond motifs is 1. The van der Waals surface area contributed by atoms with Crippen molar-refractivity contribution in [1.82, 2.24) is 9.88 Å². The first kappa shape index (κ1) is 21.6. The van der Waals surface area contributed by atoms with Crippen LogP contribution in [0.25, 0.3) is 17.3 Å². The molecular formula is C25H25N3O4S. The lowest BCUT2D eigenvalue weighted by Gasteiger charge is -2.26. The van der Waals surface area contributed by atoms with Crippen molar-refractivity contribution in [3.05, 3.63) is 65.0 Å². The van der Waals surface area contributed by atoms with E-state index in [1.54, 1.807) is 6.08 Å². The minimum absolute atomic E-state index is 0.226. The Morgan fingerprint density at radius 1 is 1.03 bits per heavy atom. The van der Waals surface area contributed by atoms with Crippen LogP contribution in [0, 0.1) is 0 Å². The van der Waals surface area contributed by atoms with E-state index in [1.165, 1.54) is 17.4 Å². The summed E-state index contributed by atoms with van der Waals surface area (Å²) in [5.41, 5.74) is 2.83. The van der Waals surface area contributed by atoms with Crippen LogP contribution in [0.2, 0.25) is 0 Å². The zero-order chi connectivity index (χ0) is 22.5. The second-order valence-electron chi connectivity index (χ2n) is 7.77. The quantitative estimate of drug-likeness (QED) is 0.556. The van der Waals surface area contributed by atoms with Gasteiger partial charge in [0.15, 0.2) is 16.6 Å². The van der Waals surface area contributed by atoms with Gasteiger partial charge in [0.25, 0.3) is 0 Å². The lowest BCUT2D eigenvalue weighted by Crippen LogP contribution is -2.35. The molecule has 0 saturated carbocycles. The molecule has 1 aromatic heterocycles. The van der Waals surface area contributed by atoms with Crippen molar-refractivity contribution < 1.29 is 19.0 Å². The van der Waals surface area contributed by atoms with Crippen LogP contribution < -0.4 is 14.8 Å². The third-order valence-corrected chi connectivity index (χ3v) is 6.39. The van der Waals surface area contributed by atoms with Crippen molar-refractivity contribution in [2.75, 3.05) is 44.8 Å². The summed E-state index contributed by atoms with van der Waals surface area (Å²) in [6.45, 7) is 5.14. The Bertz CT molecular complexity index is 1140. The summed E-state index contributed by atoms with van der Waals surface area (Å²) in [5.74, 6) is 1.20. The molecule has 3 heterocycles. The van der Waals surface area contributed by atoms with Gasteiger partial charge in [0.1, 0.15) is 13.2 Å². The maximum atomic E-state index is 12.6.